The lowest BCUT2D eigenvalue weighted by Crippen LogP contribution is -1.93. The highest BCUT2D eigenvalue weighted by molar-refractivity contribution is 7.13. The Labute approximate surface area is 170 Å². The Hall–Kier alpha value is -4.03. The van der Waals surface area contributed by atoms with Crippen molar-refractivity contribution in [3.63, 3.8) is 0 Å². The second-order valence-corrected chi connectivity index (χ2v) is 6.75. The van der Waals surface area contributed by atoms with Crippen molar-refractivity contribution in [1.29, 1.82) is 5.26 Å². The molecule has 8 nitrogen and oxygen atoms in total. The monoisotopic (exact) mass is 401 g/mol. The summed E-state index contributed by atoms with van der Waals surface area (Å²) in [5.41, 5.74) is 4.02. The Morgan fingerprint density at radius 2 is 2.07 bits per heavy atom. The van der Waals surface area contributed by atoms with E-state index in [9.17, 15) is 5.26 Å². The van der Waals surface area contributed by atoms with Gasteiger partial charge in [-0.1, -0.05) is 12.1 Å². The topological polar surface area (TPSA) is 112 Å². The van der Waals surface area contributed by atoms with Gasteiger partial charge in [-0.2, -0.15) is 10.5 Å². The van der Waals surface area contributed by atoms with E-state index in [0.717, 1.165) is 33.3 Å². The quantitative estimate of drug-likeness (QED) is 0.470. The van der Waals surface area contributed by atoms with Gasteiger partial charge in [0.15, 0.2) is 0 Å². The van der Waals surface area contributed by atoms with Gasteiger partial charge in [0.1, 0.15) is 22.4 Å². The van der Waals surface area contributed by atoms with Crippen LogP contribution in [0, 0.1) is 11.3 Å². The maximum absolute atomic E-state index is 9.26. The molecule has 142 valence electrons. The van der Waals surface area contributed by atoms with E-state index in [4.69, 9.17) is 9.72 Å². The number of benzene rings is 2. The molecule has 4 rings (SSSR count). The molecule has 4 aromatic rings. The zero-order valence-corrected chi connectivity index (χ0v) is 16.1. The number of H-pyrrole nitrogens is 1. The summed E-state index contributed by atoms with van der Waals surface area (Å²) in [5, 5.41) is 28.7. The van der Waals surface area contributed by atoms with Crippen LogP contribution >= 0.6 is 11.3 Å². The van der Waals surface area contributed by atoms with Crippen molar-refractivity contribution in [1.82, 2.24) is 25.6 Å². The van der Waals surface area contributed by atoms with Gasteiger partial charge in [-0.15, -0.1) is 21.5 Å². The summed E-state index contributed by atoms with van der Waals surface area (Å²) in [6.07, 6.45) is 1.55. The molecule has 0 amide bonds. The normalized spacial score (nSPS) is 11.1. The van der Waals surface area contributed by atoms with Gasteiger partial charge in [0.2, 0.25) is 5.82 Å². The highest BCUT2D eigenvalue weighted by atomic mass is 32.1. The third-order valence-corrected chi connectivity index (χ3v) is 4.98. The number of ether oxygens (including phenoxy) is 1. The number of nitrogens with zero attached hydrogens (tertiary/aromatic N) is 5. The zero-order chi connectivity index (χ0) is 20.1. The van der Waals surface area contributed by atoms with Crippen LogP contribution in [0.4, 0.5) is 5.69 Å². The van der Waals surface area contributed by atoms with E-state index in [1.807, 2.05) is 60.0 Å². The Morgan fingerprint density at radius 3 is 2.79 bits per heavy atom. The SMILES string of the molecule is COc1ccc(-c2csc(-c3cccc(NC=C(C#N)c4nn[nH]n4)c3)n2)cc1. The fourth-order valence-corrected chi connectivity index (χ4v) is 3.45. The van der Waals surface area contributed by atoms with Crippen LogP contribution in [0.1, 0.15) is 5.82 Å². The van der Waals surface area contributed by atoms with Gasteiger partial charge in [0.05, 0.1) is 12.8 Å². The van der Waals surface area contributed by atoms with Crippen LogP contribution in [0.5, 0.6) is 5.75 Å². The standard InChI is InChI=1S/C20H15N7OS/c1-28-17-7-5-13(6-8-17)18-12-29-20(23-18)14-3-2-4-16(9-14)22-11-15(10-21)19-24-26-27-25-19/h2-9,11-12,22H,1H3,(H,24,25,26,27). The van der Waals surface area contributed by atoms with E-state index in [1.165, 1.54) is 0 Å². The first kappa shape index (κ1) is 18.3. The number of nitrogens with one attached hydrogen (secondary N) is 2. The zero-order valence-electron chi connectivity index (χ0n) is 15.3. The Kier molecular flexibility index (Phi) is 5.27. The van der Waals surface area contributed by atoms with Crippen LogP contribution in [0.25, 0.3) is 27.4 Å². The van der Waals surface area contributed by atoms with E-state index >= 15 is 0 Å². The molecule has 2 aromatic carbocycles. The van der Waals surface area contributed by atoms with Crippen molar-refractivity contribution in [3.05, 3.63) is 65.9 Å². The molecule has 0 spiro atoms. The number of thiazole rings is 1. The van der Waals surface area contributed by atoms with E-state index in [1.54, 1.807) is 24.6 Å². The van der Waals surface area contributed by atoms with E-state index in [-0.39, 0.29) is 11.4 Å². The minimum absolute atomic E-state index is 0.236. The summed E-state index contributed by atoms with van der Waals surface area (Å²) in [6.45, 7) is 0. The van der Waals surface area contributed by atoms with E-state index in [2.05, 4.69) is 25.9 Å². The number of hydrogen-bond acceptors (Lipinski definition) is 8. The second kappa shape index (κ2) is 8.33. The van der Waals surface area contributed by atoms with Crippen LogP contribution < -0.4 is 10.1 Å². The number of methoxy groups -OCH3 is 1. The molecule has 0 bridgehead atoms. The smallest absolute Gasteiger partial charge is 0.216 e. The lowest BCUT2D eigenvalue weighted by atomic mass is 10.1. The van der Waals surface area contributed by atoms with Gasteiger partial charge in [0, 0.05) is 28.4 Å². The molecule has 0 fully saturated rings. The number of nitriles is 1. The van der Waals surface area contributed by atoms with Crippen LogP contribution in [-0.2, 0) is 0 Å². The van der Waals surface area contributed by atoms with Crippen molar-refractivity contribution in [2.75, 3.05) is 12.4 Å². The number of allylic oxidation sites excluding steroid dienone is 1. The first-order chi connectivity index (χ1) is 14.3. The largest absolute Gasteiger partial charge is 0.497 e. The summed E-state index contributed by atoms with van der Waals surface area (Å²) in [4.78, 5) is 4.75. The van der Waals surface area contributed by atoms with Gasteiger partial charge < -0.3 is 10.1 Å². The van der Waals surface area contributed by atoms with Crippen molar-refractivity contribution in [2.24, 2.45) is 0 Å². The molecule has 9 heteroatoms. The molecule has 0 radical (unpaired) electrons. The van der Waals surface area contributed by atoms with Crippen LogP contribution in [0.3, 0.4) is 0 Å². The summed E-state index contributed by atoms with van der Waals surface area (Å²) < 4.78 is 5.20. The number of tetrazole rings is 1. The van der Waals surface area contributed by atoms with Crippen LogP contribution in [0.2, 0.25) is 0 Å². The van der Waals surface area contributed by atoms with Gasteiger partial charge >= 0.3 is 0 Å². The van der Waals surface area contributed by atoms with Crippen molar-refractivity contribution < 1.29 is 4.74 Å². The molecule has 0 atom stereocenters. The second-order valence-electron chi connectivity index (χ2n) is 5.90. The molecule has 0 saturated carbocycles. The highest BCUT2D eigenvalue weighted by Gasteiger charge is 2.09. The first-order valence-electron chi connectivity index (χ1n) is 8.58. The molecule has 29 heavy (non-hydrogen) atoms. The Balaban J connectivity index is 1.54. The number of hydrogen-bond donors (Lipinski definition) is 2. The Morgan fingerprint density at radius 1 is 1.21 bits per heavy atom. The minimum Gasteiger partial charge on any atom is -0.497 e. The molecule has 0 unspecified atom stereocenters. The number of rotatable bonds is 6. The first-order valence-corrected chi connectivity index (χ1v) is 9.46. The van der Waals surface area contributed by atoms with Crippen molar-refractivity contribution in [3.8, 4) is 33.6 Å². The van der Waals surface area contributed by atoms with Crippen molar-refractivity contribution >= 4 is 22.6 Å². The summed E-state index contributed by atoms with van der Waals surface area (Å²) in [5.74, 6) is 1.05. The van der Waals surface area contributed by atoms with Gasteiger partial charge in [-0.05, 0) is 41.6 Å². The number of aromatic amines is 1. The fraction of sp³-hybridized carbons (Fsp3) is 0.0500. The average molecular weight is 401 g/mol. The third kappa shape index (κ3) is 4.12. The molecule has 2 N–H and O–H groups in total. The summed E-state index contributed by atoms with van der Waals surface area (Å²) >= 11 is 1.57. The van der Waals surface area contributed by atoms with E-state index < -0.39 is 0 Å². The van der Waals surface area contributed by atoms with Gasteiger partial charge in [-0.25, -0.2) is 4.98 Å². The molecule has 0 saturated heterocycles. The van der Waals surface area contributed by atoms with Gasteiger partial charge in [-0.3, -0.25) is 0 Å². The van der Waals surface area contributed by atoms with Crippen molar-refractivity contribution in [2.45, 2.75) is 0 Å². The molecular formula is C20H15N7OS. The predicted octanol–water partition coefficient (Wildman–Crippen LogP) is 3.98. The number of anilines is 1. The maximum Gasteiger partial charge on any atom is 0.216 e. The highest BCUT2D eigenvalue weighted by Crippen LogP contribution is 2.31. The van der Waals surface area contributed by atoms with Gasteiger partial charge in [0.25, 0.3) is 0 Å². The van der Waals surface area contributed by atoms with Crippen LogP contribution in [0.15, 0.2) is 60.1 Å². The van der Waals surface area contributed by atoms with Crippen LogP contribution in [-0.4, -0.2) is 32.7 Å². The summed E-state index contributed by atoms with van der Waals surface area (Å²) in [6, 6.07) is 17.7. The fourth-order valence-electron chi connectivity index (χ4n) is 2.62. The predicted molar refractivity (Wildman–Crippen MR) is 111 cm³/mol. The third-order valence-electron chi connectivity index (χ3n) is 4.09. The molecule has 0 aliphatic heterocycles. The maximum atomic E-state index is 9.26. The number of aromatic nitrogens is 5. The molecule has 2 aromatic heterocycles. The van der Waals surface area contributed by atoms with E-state index in [0.29, 0.717) is 0 Å². The molecule has 0 aliphatic carbocycles. The molecule has 0 aliphatic rings. The lowest BCUT2D eigenvalue weighted by Gasteiger charge is -2.04. The Bertz CT molecular complexity index is 1170. The minimum atomic E-state index is 0.236. The molecular weight excluding hydrogens is 386 g/mol. The average Bonchev–Trinajstić information content (AvgIpc) is 3.47. The summed E-state index contributed by atoms with van der Waals surface area (Å²) in [7, 11) is 1.65. The molecule has 2 heterocycles. The lowest BCUT2D eigenvalue weighted by molar-refractivity contribution is 0.415.